The second-order valence-electron chi connectivity index (χ2n) is 5.60. The number of methoxy groups -OCH3 is 1. The maximum absolute atomic E-state index is 12.0. The van der Waals surface area contributed by atoms with Gasteiger partial charge in [-0.05, 0) is 35.8 Å². The molecular formula is C21H20N2O4. The van der Waals surface area contributed by atoms with E-state index in [9.17, 15) is 9.59 Å². The number of nitriles is 1. The Kier molecular flexibility index (Phi) is 7.61. The molecule has 1 N–H and O–H groups in total. The van der Waals surface area contributed by atoms with Crippen molar-refractivity contribution in [2.24, 2.45) is 0 Å². The van der Waals surface area contributed by atoms with E-state index >= 15 is 0 Å². The van der Waals surface area contributed by atoms with Gasteiger partial charge in [0.1, 0.15) is 17.4 Å². The maximum Gasteiger partial charge on any atom is 0.349 e. The third-order valence-corrected chi connectivity index (χ3v) is 3.68. The van der Waals surface area contributed by atoms with Gasteiger partial charge in [0, 0.05) is 6.54 Å². The van der Waals surface area contributed by atoms with Crippen molar-refractivity contribution in [3.8, 4) is 11.8 Å². The third-order valence-electron chi connectivity index (χ3n) is 3.68. The number of benzene rings is 2. The van der Waals surface area contributed by atoms with Crippen molar-refractivity contribution in [2.45, 2.75) is 6.42 Å². The molecule has 0 aliphatic heterocycles. The van der Waals surface area contributed by atoms with E-state index < -0.39 is 18.5 Å². The van der Waals surface area contributed by atoms with E-state index in [0.29, 0.717) is 24.3 Å². The lowest BCUT2D eigenvalue weighted by atomic mass is 10.1. The van der Waals surface area contributed by atoms with E-state index in [1.807, 2.05) is 30.3 Å². The number of carbonyl (C=O) groups excluding carboxylic acids is 2. The lowest BCUT2D eigenvalue weighted by molar-refractivity contribution is -0.144. The van der Waals surface area contributed by atoms with Gasteiger partial charge in [0.25, 0.3) is 5.91 Å². The van der Waals surface area contributed by atoms with Gasteiger partial charge in [0.05, 0.1) is 7.11 Å². The van der Waals surface area contributed by atoms with Gasteiger partial charge in [-0.3, -0.25) is 4.79 Å². The van der Waals surface area contributed by atoms with Crippen LogP contribution in [-0.2, 0) is 20.7 Å². The Bertz CT molecular complexity index is 837. The molecule has 2 aromatic carbocycles. The fraction of sp³-hybridized carbons (Fsp3) is 0.190. The van der Waals surface area contributed by atoms with Crippen molar-refractivity contribution in [2.75, 3.05) is 20.3 Å². The molecule has 138 valence electrons. The highest BCUT2D eigenvalue weighted by atomic mass is 16.5. The van der Waals surface area contributed by atoms with Crippen LogP contribution in [0.1, 0.15) is 11.1 Å². The molecule has 6 heteroatoms. The summed E-state index contributed by atoms with van der Waals surface area (Å²) in [7, 11) is 1.55. The summed E-state index contributed by atoms with van der Waals surface area (Å²) in [6, 6.07) is 18.4. The summed E-state index contributed by atoms with van der Waals surface area (Å²) in [6.07, 6.45) is 2.08. The molecule has 0 saturated carbocycles. The number of carbonyl (C=O) groups is 2. The van der Waals surface area contributed by atoms with Crippen molar-refractivity contribution in [1.29, 1.82) is 5.26 Å². The van der Waals surface area contributed by atoms with Crippen molar-refractivity contribution < 1.29 is 19.1 Å². The van der Waals surface area contributed by atoms with Gasteiger partial charge in [0.15, 0.2) is 6.61 Å². The number of amides is 1. The second-order valence-corrected chi connectivity index (χ2v) is 5.60. The molecule has 27 heavy (non-hydrogen) atoms. The Labute approximate surface area is 158 Å². The zero-order chi connectivity index (χ0) is 19.5. The summed E-state index contributed by atoms with van der Waals surface area (Å²) in [6.45, 7) is 0.00243. The molecule has 0 heterocycles. The smallest absolute Gasteiger partial charge is 0.349 e. The van der Waals surface area contributed by atoms with Crippen LogP contribution < -0.4 is 10.1 Å². The molecule has 0 atom stereocenters. The van der Waals surface area contributed by atoms with Crippen LogP contribution in [0.2, 0.25) is 0 Å². The molecule has 6 nitrogen and oxygen atoms in total. The van der Waals surface area contributed by atoms with E-state index in [1.54, 1.807) is 37.4 Å². The van der Waals surface area contributed by atoms with Crippen LogP contribution in [0.3, 0.4) is 0 Å². The monoisotopic (exact) mass is 364 g/mol. The van der Waals surface area contributed by atoms with Crippen molar-refractivity contribution >= 4 is 18.0 Å². The van der Waals surface area contributed by atoms with Crippen molar-refractivity contribution in [3.05, 3.63) is 71.3 Å². The van der Waals surface area contributed by atoms with Gasteiger partial charge in [-0.2, -0.15) is 5.26 Å². The minimum absolute atomic E-state index is 0.183. The van der Waals surface area contributed by atoms with Gasteiger partial charge in [-0.25, -0.2) is 4.79 Å². The van der Waals surface area contributed by atoms with Gasteiger partial charge >= 0.3 is 5.97 Å². The highest BCUT2D eigenvalue weighted by molar-refractivity contribution is 5.98. The lowest BCUT2D eigenvalue weighted by Crippen LogP contribution is -2.30. The molecule has 0 aliphatic carbocycles. The number of nitrogens with one attached hydrogen (secondary N) is 1. The van der Waals surface area contributed by atoms with Gasteiger partial charge in [0.2, 0.25) is 0 Å². The highest BCUT2D eigenvalue weighted by Crippen LogP contribution is 2.14. The summed E-state index contributed by atoms with van der Waals surface area (Å²) in [5.74, 6) is -0.590. The lowest BCUT2D eigenvalue weighted by Gasteiger charge is -2.06. The van der Waals surface area contributed by atoms with E-state index in [0.717, 1.165) is 5.56 Å². The van der Waals surface area contributed by atoms with E-state index in [1.165, 1.54) is 6.08 Å². The minimum atomic E-state index is -0.841. The molecule has 0 aromatic heterocycles. The first-order chi connectivity index (χ1) is 13.1. The summed E-state index contributed by atoms with van der Waals surface area (Å²) >= 11 is 0. The van der Waals surface area contributed by atoms with Crippen LogP contribution in [-0.4, -0.2) is 32.1 Å². The Hall–Kier alpha value is -3.59. The SMILES string of the molecule is COc1ccc(/C=C(\C#N)C(=O)OCC(=O)NCCc2ccccc2)cc1. The standard InChI is InChI=1S/C21H20N2O4/c1-26-19-9-7-17(8-10-19)13-18(14-22)21(25)27-15-20(24)23-12-11-16-5-3-2-4-6-16/h2-10,13H,11-12,15H2,1H3,(H,23,24)/b18-13+. The fourth-order valence-corrected chi connectivity index (χ4v) is 2.25. The largest absolute Gasteiger partial charge is 0.497 e. The molecule has 0 bridgehead atoms. The summed E-state index contributed by atoms with van der Waals surface area (Å²) < 4.78 is 9.96. The van der Waals surface area contributed by atoms with Gasteiger partial charge in [-0.15, -0.1) is 0 Å². The quantitative estimate of drug-likeness (QED) is 0.442. The molecule has 2 aromatic rings. The molecule has 0 fully saturated rings. The number of rotatable bonds is 8. The molecular weight excluding hydrogens is 344 g/mol. The van der Waals surface area contributed by atoms with Crippen LogP contribution in [0.15, 0.2) is 60.2 Å². The third kappa shape index (κ3) is 6.67. The predicted molar refractivity (Wildman–Crippen MR) is 101 cm³/mol. The van der Waals surface area contributed by atoms with Gasteiger partial charge < -0.3 is 14.8 Å². The fourth-order valence-electron chi connectivity index (χ4n) is 2.25. The predicted octanol–water partition coefficient (Wildman–Crippen LogP) is 2.50. The molecule has 0 saturated heterocycles. The Morgan fingerprint density at radius 3 is 2.44 bits per heavy atom. The van der Waals surface area contributed by atoms with Crippen LogP contribution in [0, 0.1) is 11.3 Å². The Balaban J connectivity index is 1.80. The second kappa shape index (κ2) is 10.4. The first kappa shape index (κ1) is 19.7. The van der Waals surface area contributed by atoms with Crippen LogP contribution >= 0.6 is 0 Å². The van der Waals surface area contributed by atoms with E-state index in [2.05, 4.69) is 5.32 Å². The zero-order valence-corrected chi connectivity index (χ0v) is 15.0. The Morgan fingerprint density at radius 2 is 1.81 bits per heavy atom. The molecule has 0 unspecified atom stereocenters. The average molecular weight is 364 g/mol. The molecule has 0 radical (unpaired) electrons. The summed E-state index contributed by atoms with van der Waals surface area (Å²) in [4.78, 5) is 23.8. The number of nitrogens with zero attached hydrogens (tertiary/aromatic N) is 1. The number of hydrogen-bond donors (Lipinski definition) is 1. The molecule has 1 amide bonds. The normalized spacial score (nSPS) is 10.6. The summed E-state index contributed by atoms with van der Waals surface area (Å²) in [5.41, 5.74) is 1.57. The highest BCUT2D eigenvalue weighted by Gasteiger charge is 2.13. The zero-order valence-electron chi connectivity index (χ0n) is 15.0. The number of ether oxygens (including phenoxy) is 2. The van der Waals surface area contributed by atoms with E-state index in [4.69, 9.17) is 14.7 Å². The van der Waals surface area contributed by atoms with Crippen molar-refractivity contribution in [3.63, 3.8) is 0 Å². The topological polar surface area (TPSA) is 88.4 Å². The molecule has 0 spiro atoms. The molecule has 2 rings (SSSR count). The van der Waals surface area contributed by atoms with E-state index in [-0.39, 0.29) is 5.57 Å². The molecule has 0 aliphatic rings. The average Bonchev–Trinajstić information content (AvgIpc) is 2.71. The Morgan fingerprint density at radius 1 is 1.11 bits per heavy atom. The number of esters is 1. The minimum Gasteiger partial charge on any atom is -0.497 e. The first-order valence-corrected chi connectivity index (χ1v) is 8.36. The number of hydrogen-bond acceptors (Lipinski definition) is 5. The first-order valence-electron chi connectivity index (χ1n) is 8.36. The van der Waals surface area contributed by atoms with Crippen LogP contribution in [0.4, 0.5) is 0 Å². The van der Waals surface area contributed by atoms with Gasteiger partial charge in [-0.1, -0.05) is 42.5 Å². The van der Waals surface area contributed by atoms with Crippen LogP contribution in [0.25, 0.3) is 6.08 Å². The van der Waals surface area contributed by atoms with Crippen molar-refractivity contribution in [1.82, 2.24) is 5.32 Å². The van der Waals surface area contributed by atoms with Crippen LogP contribution in [0.5, 0.6) is 5.75 Å². The summed E-state index contributed by atoms with van der Waals surface area (Å²) in [5, 5.41) is 11.8. The maximum atomic E-state index is 12.0.